The number of nitrogens with one attached hydrogen (secondary N) is 1. The second-order valence-electron chi connectivity index (χ2n) is 4.33. The highest BCUT2D eigenvalue weighted by Crippen LogP contribution is 2.13. The zero-order valence-corrected chi connectivity index (χ0v) is 10.5. The van der Waals surface area contributed by atoms with Crippen LogP contribution in [0.5, 0.6) is 0 Å². The van der Waals surface area contributed by atoms with Crippen molar-refractivity contribution in [1.29, 1.82) is 0 Å². The number of hydrogen-bond donors (Lipinski definition) is 1. The largest absolute Gasteiger partial charge is 0.307 e. The lowest BCUT2D eigenvalue weighted by atomic mass is 10.1. The Balaban J connectivity index is 1.65. The first-order valence-electron chi connectivity index (χ1n) is 6.21. The van der Waals surface area contributed by atoms with Crippen LogP contribution in [0.25, 0.3) is 10.9 Å². The van der Waals surface area contributed by atoms with Gasteiger partial charge in [-0.3, -0.25) is 4.98 Å². The Morgan fingerprint density at radius 2 is 1.95 bits per heavy atom. The molecular weight excluding hydrogens is 236 g/mol. The highest BCUT2D eigenvalue weighted by Gasteiger charge is 1.98. The van der Waals surface area contributed by atoms with E-state index in [1.807, 2.05) is 18.3 Å². The first-order chi connectivity index (χ1) is 9.42. The zero-order chi connectivity index (χ0) is 12.9. The van der Waals surface area contributed by atoms with Crippen LogP contribution in [0.2, 0.25) is 0 Å². The van der Waals surface area contributed by atoms with Gasteiger partial charge in [-0.1, -0.05) is 12.1 Å². The van der Waals surface area contributed by atoms with Gasteiger partial charge in [-0.15, -0.1) is 0 Å². The minimum absolute atomic E-state index is 0.744. The molecule has 0 aliphatic carbocycles. The summed E-state index contributed by atoms with van der Waals surface area (Å²) >= 11 is 0. The number of nitrogens with zero attached hydrogens (tertiary/aromatic N) is 3. The van der Waals surface area contributed by atoms with Gasteiger partial charge in [-0.05, 0) is 29.8 Å². The number of aromatic nitrogens is 3. The Labute approximate surface area is 111 Å². The molecule has 1 aromatic carbocycles. The normalized spacial score (nSPS) is 10.7. The fourth-order valence-corrected chi connectivity index (χ4v) is 1.99. The minimum atomic E-state index is 0.744. The summed E-state index contributed by atoms with van der Waals surface area (Å²) in [5, 5.41) is 4.54. The maximum atomic E-state index is 4.31. The molecular formula is C15H14N4. The fraction of sp³-hybridized carbons (Fsp3) is 0.133. The van der Waals surface area contributed by atoms with E-state index in [1.54, 1.807) is 12.5 Å². The van der Waals surface area contributed by atoms with Gasteiger partial charge in [0.2, 0.25) is 0 Å². The molecule has 4 heteroatoms. The molecule has 0 radical (unpaired) electrons. The monoisotopic (exact) mass is 250 g/mol. The van der Waals surface area contributed by atoms with E-state index < -0.39 is 0 Å². The van der Waals surface area contributed by atoms with Crippen LogP contribution < -0.4 is 5.32 Å². The van der Waals surface area contributed by atoms with E-state index in [9.17, 15) is 0 Å². The number of benzene rings is 1. The third-order valence-corrected chi connectivity index (χ3v) is 2.95. The minimum Gasteiger partial charge on any atom is -0.307 e. The van der Waals surface area contributed by atoms with Gasteiger partial charge < -0.3 is 5.32 Å². The van der Waals surface area contributed by atoms with Gasteiger partial charge in [0.25, 0.3) is 0 Å². The smallest absolute Gasteiger partial charge is 0.115 e. The molecule has 94 valence electrons. The Morgan fingerprint density at radius 3 is 2.84 bits per heavy atom. The maximum absolute atomic E-state index is 4.31. The topological polar surface area (TPSA) is 50.7 Å². The first-order valence-corrected chi connectivity index (χ1v) is 6.21. The molecule has 0 aliphatic rings. The quantitative estimate of drug-likeness (QED) is 0.772. The van der Waals surface area contributed by atoms with E-state index in [2.05, 4.69) is 44.5 Å². The van der Waals surface area contributed by atoms with E-state index >= 15 is 0 Å². The van der Waals surface area contributed by atoms with Gasteiger partial charge in [0.1, 0.15) is 6.33 Å². The lowest BCUT2D eigenvalue weighted by molar-refractivity contribution is 0.678. The average molecular weight is 250 g/mol. The Morgan fingerprint density at radius 1 is 0.947 bits per heavy atom. The van der Waals surface area contributed by atoms with Crippen molar-refractivity contribution >= 4 is 10.9 Å². The lowest BCUT2D eigenvalue weighted by Crippen LogP contribution is -2.13. The van der Waals surface area contributed by atoms with Crippen molar-refractivity contribution in [3.63, 3.8) is 0 Å². The van der Waals surface area contributed by atoms with E-state index in [1.165, 1.54) is 10.9 Å². The fourth-order valence-electron chi connectivity index (χ4n) is 1.99. The van der Waals surface area contributed by atoms with Crippen LogP contribution in [0, 0.1) is 0 Å². The van der Waals surface area contributed by atoms with Crippen molar-refractivity contribution in [2.45, 2.75) is 13.1 Å². The van der Waals surface area contributed by atoms with E-state index in [4.69, 9.17) is 0 Å². The van der Waals surface area contributed by atoms with Crippen LogP contribution in [0.15, 0.2) is 55.1 Å². The van der Waals surface area contributed by atoms with E-state index in [0.717, 1.165) is 24.3 Å². The number of fused-ring (bicyclic) bond motifs is 1. The summed E-state index contributed by atoms with van der Waals surface area (Å²) in [6.07, 6.45) is 5.14. The van der Waals surface area contributed by atoms with Crippen molar-refractivity contribution in [3.05, 3.63) is 66.4 Å². The van der Waals surface area contributed by atoms with Crippen molar-refractivity contribution in [1.82, 2.24) is 20.3 Å². The summed E-state index contributed by atoms with van der Waals surface area (Å²) in [5.41, 5.74) is 3.27. The van der Waals surface area contributed by atoms with Crippen molar-refractivity contribution in [3.8, 4) is 0 Å². The summed E-state index contributed by atoms with van der Waals surface area (Å²) in [6.45, 7) is 1.56. The molecule has 3 rings (SSSR count). The van der Waals surface area contributed by atoms with Gasteiger partial charge in [-0.2, -0.15) is 0 Å². The molecule has 3 aromatic rings. The molecule has 0 saturated carbocycles. The van der Waals surface area contributed by atoms with Gasteiger partial charge >= 0.3 is 0 Å². The van der Waals surface area contributed by atoms with Gasteiger partial charge in [0, 0.05) is 30.9 Å². The third-order valence-electron chi connectivity index (χ3n) is 2.95. The van der Waals surface area contributed by atoms with Crippen molar-refractivity contribution in [2.75, 3.05) is 0 Å². The van der Waals surface area contributed by atoms with E-state index in [0.29, 0.717) is 0 Å². The maximum Gasteiger partial charge on any atom is 0.115 e. The molecule has 0 spiro atoms. The molecule has 2 aromatic heterocycles. The van der Waals surface area contributed by atoms with Crippen molar-refractivity contribution in [2.24, 2.45) is 0 Å². The molecule has 19 heavy (non-hydrogen) atoms. The third kappa shape index (κ3) is 2.92. The molecule has 0 bridgehead atoms. The molecule has 0 atom stereocenters. The lowest BCUT2D eigenvalue weighted by Gasteiger charge is -2.05. The molecule has 0 fully saturated rings. The Hall–Kier alpha value is -2.33. The average Bonchev–Trinajstić information content (AvgIpc) is 2.48. The molecule has 2 heterocycles. The highest BCUT2D eigenvalue weighted by atomic mass is 14.9. The molecule has 0 amide bonds. The second kappa shape index (κ2) is 5.54. The SMILES string of the molecule is c1cnc2ccc(CNCc3ccncn3)cc2c1. The zero-order valence-electron chi connectivity index (χ0n) is 10.5. The van der Waals surface area contributed by atoms with E-state index in [-0.39, 0.29) is 0 Å². The summed E-state index contributed by atoms with van der Waals surface area (Å²) in [4.78, 5) is 12.4. The van der Waals surface area contributed by atoms with Crippen LogP contribution in [0.4, 0.5) is 0 Å². The van der Waals surface area contributed by atoms with Gasteiger partial charge in [0.15, 0.2) is 0 Å². The van der Waals surface area contributed by atoms with Crippen LogP contribution in [-0.4, -0.2) is 15.0 Å². The second-order valence-corrected chi connectivity index (χ2v) is 4.33. The predicted octanol–water partition coefficient (Wildman–Crippen LogP) is 2.31. The highest BCUT2D eigenvalue weighted by molar-refractivity contribution is 5.78. The number of hydrogen-bond acceptors (Lipinski definition) is 4. The van der Waals surface area contributed by atoms with Crippen LogP contribution in [0.1, 0.15) is 11.3 Å². The summed E-state index contributed by atoms with van der Waals surface area (Å²) in [5.74, 6) is 0. The van der Waals surface area contributed by atoms with Crippen LogP contribution in [-0.2, 0) is 13.1 Å². The van der Waals surface area contributed by atoms with Crippen molar-refractivity contribution < 1.29 is 0 Å². The number of pyridine rings is 1. The van der Waals surface area contributed by atoms with Crippen LogP contribution in [0.3, 0.4) is 0 Å². The van der Waals surface area contributed by atoms with Gasteiger partial charge in [-0.25, -0.2) is 9.97 Å². The Bertz CT molecular complexity index is 667. The summed E-state index contributed by atoms with van der Waals surface area (Å²) in [7, 11) is 0. The van der Waals surface area contributed by atoms with Gasteiger partial charge in [0.05, 0.1) is 11.2 Å². The Kier molecular flexibility index (Phi) is 3.42. The summed E-state index contributed by atoms with van der Waals surface area (Å²) in [6, 6.07) is 12.3. The van der Waals surface area contributed by atoms with Crippen LogP contribution >= 0.6 is 0 Å². The standard InChI is InChI=1S/C15H14N4/c1-2-13-8-12(3-4-15(13)18-6-1)9-17-10-14-5-7-16-11-19-14/h1-8,11,17H,9-10H2. The first kappa shape index (κ1) is 11.7. The number of rotatable bonds is 4. The predicted molar refractivity (Wildman–Crippen MR) is 74.3 cm³/mol. The molecule has 4 nitrogen and oxygen atoms in total. The summed E-state index contributed by atoms with van der Waals surface area (Å²) < 4.78 is 0. The molecule has 0 aliphatic heterocycles. The molecule has 0 saturated heterocycles. The molecule has 0 unspecified atom stereocenters. The molecule has 1 N–H and O–H groups in total.